The van der Waals surface area contributed by atoms with E-state index in [0.29, 0.717) is 37.5 Å². The summed E-state index contributed by atoms with van der Waals surface area (Å²) in [6.07, 6.45) is 2.58. The Morgan fingerprint density at radius 3 is 2.40 bits per heavy atom. The third-order valence-corrected chi connectivity index (χ3v) is 8.89. The van der Waals surface area contributed by atoms with Crippen LogP contribution in [0.2, 0.25) is 0 Å². The molecule has 9 nitrogen and oxygen atoms in total. The molecule has 0 radical (unpaired) electrons. The summed E-state index contributed by atoms with van der Waals surface area (Å²) in [6, 6.07) is 10.4. The van der Waals surface area contributed by atoms with Crippen molar-refractivity contribution in [2.75, 3.05) is 50.2 Å². The van der Waals surface area contributed by atoms with E-state index in [9.17, 15) is 14.4 Å². The molecule has 0 unspecified atom stereocenters. The zero-order chi connectivity index (χ0) is 30.2. The topological polar surface area (TPSA) is 97.4 Å². The van der Waals surface area contributed by atoms with Crippen molar-refractivity contribution in [2.45, 2.75) is 77.4 Å². The summed E-state index contributed by atoms with van der Waals surface area (Å²) in [5.74, 6) is -0.404. The van der Waals surface area contributed by atoms with Gasteiger partial charge >= 0.3 is 12.1 Å². The number of likely N-dealkylation sites (tertiary alicyclic amines) is 1. The van der Waals surface area contributed by atoms with Crippen molar-refractivity contribution >= 4 is 29.3 Å². The number of piperidine rings is 1. The van der Waals surface area contributed by atoms with Gasteiger partial charge in [0.25, 0.3) is 0 Å². The lowest BCUT2D eigenvalue weighted by Gasteiger charge is -2.38. The summed E-state index contributed by atoms with van der Waals surface area (Å²) in [4.78, 5) is 43.0. The molecule has 3 aliphatic heterocycles. The Kier molecular flexibility index (Phi) is 8.25. The third-order valence-electron chi connectivity index (χ3n) is 8.89. The molecule has 1 spiro atoms. The van der Waals surface area contributed by atoms with E-state index in [0.717, 1.165) is 66.2 Å². The van der Waals surface area contributed by atoms with Gasteiger partial charge in [-0.1, -0.05) is 12.1 Å². The number of nitrogens with one attached hydrogen (secondary N) is 1. The summed E-state index contributed by atoms with van der Waals surface area (Å²) < 4.78 is 16.3. The minimum absolute atomic E-state index is 0.0324. The van der Waals surface area contributed by atoms with Gasteiger partial charge in [-0.3, -0.25) is 4.79 Å². The van der Waals surface area contributed by atoms with Gasteiger partial charge in [0.1, 0.15) is 5.60 Å². The van der Waals surface area contributed by atoms with Crippen LogP contribution >= 0.6 is 0 Å². The van der Waals surface area contributed by atoms with Gasteiger partial charge < -0.3 is 29.3 Å². The number of benzene rings is 2. The largest absolute Gasteiger partial charge is 0.465 e. The Morgan fingerprint density at radius 2 is 1.79 bits per heavy atom. The zero-order valence-corrected chi connectivity index (χ0v) is 25.7. The first-order valence-electron chi connectivity index (χ1n) is 15.0. The minimum Gasteiger partial charge on any atom is -0.465 e. The number of carbonyl (C=O) groups is 3. The first kappa shape index (κ1) is 29.9. The van der Waals surface area contributed by atoms with Crippen LogP contribution in [0.25, 0.3) is 11.1 Å². The molecule has 2 amide bonds. The van der Waals surface area contributed by atoms with Crippen molar-refractivity contribution in [1.29, 1.82) is 0 Å². The molecule has 2 aromatic carbocycles. The molecule has 2 aromatic rings. The van der Waals surface area contributed by atoms with Crippen LogP contribution < -0.4 is 10.2 Å². The lowest BCUT2D eigenvalue weighted by molar-refractivity contribution is -0.122. The summed E-state index contributed by atoms with van der Waals surface area (Å²) in [7, 11) is 1.41. The molecular formula is C33H43N3O6. The average molecular weight is 578 g/mol. The number of nitrogens with zero attached hydrogens (tertiary/aromatic N) is 2. The van der Waals surface area contributed by atoms with E-state index < -0.39 is 11.0 Å². The number of hydrogen-bond donors (Lipinski definition) is 1. The van der Waals surface area contributed by atoms with Crippen molar-refractivity contribution in [3.63, 3.8) is 0 Å². The highest BCUT2D eigenvalue weighted by Gasteiger charge is 2.49. The first-order chi connectivity index (χ1) is 20.0. The summed E-state index contributed by atoms with van der Waals surface area (Å²) in [5, 5.41) is 3.12. The van der Waals surface area contributed by atoms with Crippen LogP contribution in [-0.2, 0) is 24.4 Å². The molecule has 0 aliphatic carbocycles. The highest BCUT2D eigenvalue weighted by Crippen LogP contribution is 2.46. The molecule has 5 rings (SSSR count). The molecule has 0 saturated carbocycles. The average Bonchev–Trinajstić information content (AvgIpc) is 3.23. The van der Waals surface area contributed by atoms with Crippen molar-refractivity contribution in [2.24, 2.45) is 0 Å². The van der Waals surface area contributed by atoms with Gasteiger partial charge in [0.15, 0.2) is 0 Å². The number of methoxy groups -OCH3 is 1. The van der Waals surface area contributed by atoms with Gasteiger partial charge in [-0.15, -0.1) is 0 Å². The SMILES string of the molecule is CCN(c1cc(-c2ccc3c(c2)NC(=O)C32CCN(C(=O)OC(C)(C)C)CC2)cc(C(=O)OC)c1C)C1CCOCC1. The number of esters is 1. The maximum atomic E-state index is 13.4. The van der Waals surface area contributed by atoms with Gasteiger partial charge in [0.2, 0.25) is 5.91 Å². The fraction of sp³-hybridized carbons (Fsp3) is 0.545. The Bertz CT molecular complexity index is 1370. The molecule has 226 valence electrons. The van der Waals surface area contributed by atoms with E-state index >= 15 is 0 Å². The Morgan fingerprint density at radius 1 is 1.10 bits per heavy atom. The molecular weight excluding hydrogens is 534 g/mol. The molecule has 2 fully saturated rings. The van der Waals surface area contributed by atoms with Crippen LogP contribution in [0.5, 0.6) is 0 Å². The first-order valence-corrected chi connectivity index (χ1v) is 15.0. The number of ether oxygens (including phenoxy) is 3. The van der Waals surface area contributed by atoms with Gasteiger partial charge in [-0.05, 0) is 101 Å². The van der Waals surface area contributed by atoms with E-state index in [-0.39, 0.29) is 18.0 Å². The zero-order valence-electron chi connectivity index (χ0n) is 25.7. The second kappa shape index (κ2) is 11.6. The van der Waals surface area contributed by atoms with Gasteiger partial charge in [0, 0.05) is 50.3 Å². The predicted octanol–water partition coefficient (Wildman–Crippen LogP) is 5.67. The van der Waals surface area contributed by atoms with Crippen LogP contribution in [-0.4, -0.2) is 74.5 Å². The normalized spacial score (nSPS) is 18.4. The maximum Gasteiger partial charge on any atom is 0.410 e. The second-order valence-electron chi connectivity index (χ2n) is 12.6. The fourth-order valence-electron chi connectivity index (χ4n) is 6.61. The maximum absolute atomic E-state index is 13.4. The van der Waals surface area contributed by atoms with Crippen LogP contribution in [0.1, 0.15) is 74.9 Å². The van der Waals surface area contributed by atoms with E-state index in [4.69, 9.17) is 14.2 Å². The number of rotatable bonds is 5. The Labute approximate surface area is 248 Å². The van der Waals surface area contributed by atoms with E-state index in [1.54, 1.807) is 4.90 Å². The monoisotopic (exact) mass is 577 g/mol. The summed E-state index contributed by atoms with van der Waals surface area (Å²) >= 11 is 0. The lowest BCUT2D eigenvalue weighted by Crippen LogP contribution is -2.49. The number of carbonyl (C=O) groups excluding carboxylic acids is 3. The van der Waals surface area contributed by atoms with Crippen molar-refractivity contribution in [3.8, 4) is 11.1 Å². The molecule has 9 heteroatoms. The van der Waals surface area contributed by atoms with E-state index in [1.807, 2.05) is 52.0 Å². The van der Waals surface area contributed by atoms with Crippen molar-refractivity contribution in [3.05, 3.63) is 47.0 Å². The summed E-state index contributed by atoms with van der Waals surface area (Å²) in [5.41, 5.74) is 4.73. The van der Waals surface area contributed by atoms with E-state index in [1.165, 1.54) is 7.11 Å². The molecule has 0 atom stereocenters. The Balaban J connectivity index is 1.46. The molecule has 42 heavy (non-hydrogen) atoms. The second-order valence-corrected chi connectivity index (χ2v) is 12.6. The fourth-order valence-corrected chi connectivity index (χ4v) is 6.61. The van der Waals surface area contributed by atoms with Crippen LogP contribution in [0.3, 0.4) is 0 Å². The number of anilines is 2. The number of fused-ring (bicyclic) bond motifs is 2. The molecule has 3 heterocycles. The van der Waals surface area contributed by atoms with Gasteiger partial charge in [0.05, 0.1) is 18.1 Å². The molecule has 1 N–H and O–H groups in total. The lowest BCUT2D eigenvalue weighted by atomic mass is 9.73. The quantitative estimate of drug-likeness (QED) is 0.457. The summed E-state index contributed by atoms with van der Waals surface area (Å²) in [6.45, 7) is 12.8. The van der Waals surface area contributed by atoms with Gasteiger partial charge in [-0.2, -0.15) is 0 Å². The molecule has 3 aliphatic rings. The molecule has 2 saturated heterocycles. The number of amides is 2. The van der Waals surface area contributed by atoms with Crippen molar-refractivity contribution in [1.82, 2.24) is 4.90 Å². The minimum atomic E-state index is -0.677. The Hall–Kier alpha value is -3.59. The number of hydrogen-bond acceptors (Lipinski definition) is 7. The highest BCUT2D eigenvalue weighted by atomic mass is 16.6. The highest BCUT2D eigenvalue weighted by molar-refractivity contribution is 6.07. The third kappa shape index (κ3) is 5.59. The van der Waals surface area contributed by atoms with Gasteiger partial charge in [-0.25, -0.2) is 9.59 Å². The van der Waals surface area contributed by atoms with Crippen molar-refractivity contribution < 1.29 is 28.6 Å². The standard InChI is InChI=1S/C33H43N3O6/c1-7-36(24-10-16-41-17-11-24)28-20-23(18-25(21(28)2)29(37)40-6)22-8-9-26-27(19-22)34-30(38)33(26)12-14-35(15-13-33)31(39)42-32(3,4)5/h8-9,18-20,24H,7,10-17H2,1-6H3,(H,34,38). The van der Waals surface area contributed by atoms with E-state index in [2.05, 4.69) is 23.2 Å². The smallest absolute Gasteiger partial charge is 0.410 e. The van der Waals surface area contributed by atoms with Crippen LogP contribution in [0.4, 0.5) is 16.2 Å². The molecule has 0 aromatic heterocycles. The van der Waals surface area contributed by atoms with Crippen LogP contribution in [0.15, 0.2) is 30.3 Å². The van der Waals surface area contributed by atoms with Crippen LogP contribution in [0, 0.1) is 6.92 Å². The molecule has 0 bridgehead atoms. The predicted molar refractivity (Wildman–Crippen MR) is 162 cm³/mol.